The van der Waals surface area contributed by atoms with Gasteiger partial charge in [-0.3, -0.25) is 4.79 Å². The number of carbonyl (C=O) groups excluding carboxylic acids is 1. The second kappa shape index (κ2) is 31.0. The number of carbonyl (C=O) groups is 1. The fraction of sp³-hybridized carbons (Fsp3) is 0.768. The molecular weight excluding hydrogens is 1250 g/mol. The van der Waals surface area contributed by atoms with Gasteiger partial charge in [0.05, 0.1) is 46.1 Å². The van der Waals surface area contributed by atoms with Crippen LogP contribution in [0.1, 0.15) is 5.56 Å². The number of aliphatic hydroxyl groups is 20. The Balaban J connectivity index is 0.933. The molecule has 0 spiro atoms. The van der Waals surface area contributed by atoms with Crippen molar-refractivity contribution in [3.8, 4) is 11.1 Å². The van der Waals surface area contributed by atoms with Crippen LogP contribution in [0.4, 0.5) is 0 Å². The van der Waals surface area contributed by atoms with Crippen molar-refractivity contribution in [3.63, 3.8) is 0 Å². The number of rotatable bonds is 11. The van der Waals surface area contributed by atoms with Gasteiger partial charge in [0.15, 0.2) is 44.0 Å². The van der Waals surface area contributed by atoms with Crippen molar-refractivity contribution in [1.82, 2.24) is 0 Å². The molecule has 0 aliphatic carbocycles. The van der Waals surface area contributed by atoms with Crippen molar-refractivity contribution >= 4 is 5.97 Å². The van der Waals surface area contributed by atoms with E-state index in [1.807, 2.05) is 30.3 Å². The van der Waals surface area contributed by atoms with E-state index in [1.54, 1.807) is 24.3 Å². The third-order valence-electron chi connectivity index (χ3n) is 17.4. The number of hydrogen-bond acceptors (Lipinski definition) is 36. The Hall–Kier alpha value is -3.45. The van der Waals surface area contributed by atoms with Crippen LogP contribution in [0.2, 0.25) is 0 Å². The van der Waals surface area contributed by atoms with Crippen molar-refractivity contribution < 1.29 is 178 Å². The van der Waals surface area contributed by atoms with E-state index in [0.717, 1.165) is 11.1 Å². The molecule has 0 aromatic heterocycles. The third kappa shape index (κ3) is 14.7. The second-order valence-electron chi connectivity index (χ2n) is 23.4. The average Bonchev–Trinajstić information content (AvgIpc) is 0.841. The van der Waals surface area contributed by atoms with E-state index in [0.29, 0.717) is 5.56 Å². The third-order valence-corrected chi connectivity index (χ3v) is 17.4. The molecule has 36 nitrogen and oxygen atoms in total. The lowest BCUT2D eigenvalue weighted by Gasteiger charge is -2.50. The number of benzene rings is 2. The number of aliphatic hydroxyl groups excluding tert-OH is 20. The first kappa shape index (κ1) is 71.3. The molecule has 36 heteroatoms. The fourth-order valence-corrected chi connectivity index (χ4v) is 12.2. The van der Waals surface area contributed by atoms with Crippen molar-refractivity contribution in [2.45, 2.75) is 221 Å². The lowest BCUT2D eigenvalue weighted by Crippen LogP contribution is -2.68. The van der Waals surface area contributed by atoms with Gasteiger partial charge in [0.25, 0.3) is 0 Å². The Bertz CT molecular complexity index is 2600. The summed E-state index contributed by atoms with van der Waals surface area (Å²) in [6, 6.07) is 16.2. The summed E-state index contributed by atoms with van der Waals surface area (Å²) in [5.41, 5.74) is 2.22. The smallest absolute Gasteiger partial charge is 0.310 e. The van der Waals surface area contributed by atoms with Crippen LogP contribution in [-0.2, 0) is 82.3 Å². The first-order valence-electron chi connectivity index (χ1n) is 29.7. The Morgan fingerprint density at radius 2 is 0.500 bits per heavy atom. The summed E-state index contributed by atoms with van der Waals surface area (Å²) in [5, 5.41) is 224. The van der Waals surface area contributed by atoms with Gasteiger partial charge in [0.1, 0.15) is 178 Å². The molecule has 14 bridgehead atoms. The molecule has 23 rings (SSSR count). The van der Waals surface area contributed by atoms with Crippen LogP contribution in [0.25, 0.3) is 11.1 Å². The standard InChI is InChI=1S/C56H80O36/c57-11-21-43-30(65)37(72)51(80-21)88-45-23(13-59)82-53(39(74)32(45)67)90-47-25(15-61)84-55(41(76)34(47)69)92-49-27(17-78-28(63)10-18-6-8-20(9-7-18)19-4-2-1-3-5-19)85-56(42(77)35(49)70)91-48-26(16-62)83-54(40(75)33(48)68)89-46-24(14-60)81-52(38(73)31(46)66)87-44-22(12-58)79-50(86-43)36(71)29(44)64/h1-9,21-27,29-62,64-77H,10-17H2. The Morgan fingerprint density at radius 3 is 0.739 bits per heavy atom. The van der Waals surface area contributed by atoms with Crippen LogP contribution in [0.5, 0.6) is 0 Å². The molecule has 92 heavy (non-hydrogen) atoms. The number of ether oxygens (including phenoxy) is 15. The fourth-order valence-electron chi connectivity index (χ4n) is 12.2. The zero-order valence-corrected chi connectivity index (χ0v) is 48.5. The van der Waals surface area contributed by atoms with Gasteiger partial charge in [-0.15, -0.1) is 0 Å². The minimum Gasteiger partial charge on any atom is -0.463 e. The van der Waals surface area contributed by atoms with Gasteiger partial charge >= 0.3 is 5.97 Å². The molecule has 2 aromatic rings. The predicted molar refractivity (Wildman–Crippen MR) is 288 cm³/mol. The molecule has 0 saturated carbocycles. The molecule has 21 aliphatic heterocycles. The predicted octanol–water partition coefficient (Wildman–Crippen LogP) is -11.8. The van der Waals surface area contributed by atoms with Gasteiger partial charge in [0, 0.05) is 0 Å². The summed E-state index contributed by atoms with van der Waals surface area (Å²) >= 11 is 0. The highest BCUT2D eigenvalue weighted by molar-refractivity contribution is 5.73. The molecule has 0 radical (unpaired) electrons. The van der Waals surface area contributed by atoms with E-state index in [-0.39, 0.29) is 6.42 Å². The summed E-state index contributed by atoms with van der Waals surface area (Å²) in [6.45, 7) is -7.29. The molecule has 21 fully saturated rings. The first-order chi connectivity index (χ1) is 44.0. The average molecular weight is 1330 g/mol. The van der Waals surface area contributed by atoms with Gasteiger partial charge in [-0.1, -0.05) is 54.6 Å². The van der Waals surface area contributed by atoms with E-state index < -0.39 is 267 Å². The SMILES string of the molecule is O=C(Cc1ccc(-c2ccccc2)cc1)OCC1OC2OC3C(CO)OC(OC4C(CO)OC(OC5C(CO)OC(OC6C(CO)OC(OC7C(CO)OC(OC8C(CO)OC(OC1C(O)C2O)C(O)C8O)C(O)C7O)C(O)C6O)C(O)C5O)C(O)C4O)C(O)C3O. The molecular formula is C56H80O36. The topological polar surface area (TPSA) is 560 Å². The van der Waals surface area contributed by atoms with Crippen molar-refractivity contribution in [1.29, 1.82) is 0 Å². The molecule has 21 heterocycles. The van der Waals surface area contributed by atoms with Crippen molar-refractivity contribution in [2.24, 2.45) is 0 Å². The molecule has 520 valence electrons. The van der Waals surface area contributed by atoms with Gasteiger partial charge in [0.2, 0.25) is 0 Å². The van der Waals surface area contributed by atoms with Crippen molar-refractivity contribution in [2.75, 3.05) is 46.2 Å². The molecule has 21 aliphatic rings. The Kier molecular flexibility index (Phi) is 24.0. The number of esters is 1. The second-order valence-corrected chi connectivity index (χ2v) is 23.4. The van der Waals surface area contributed by atoms with E-state index in [4.69, 9.17) is 71.1 Å². The maximum absolute atomic E-state index is 13.5. The maximum atomic E-state index is 13.5. The quantitative estimate of drug-likeness (QED) is 0.0929. The van der Waals surface area contributed by atoms with E-state index in [9.17, 15) is 107 Å². The zero-order chi connectivity index (χ0) is 66.1. The molecule has 20 N–H and O–H groups in total. The molecule has 35 atom stereocenters. The molecule has 21 saturated heterocycles. The Labute approximate surface area is 521 Å². The van der Waals surface area contributed by atoms with Gasteiger partial charge in [-0.2, -0.15) is 0 Å². The summed E-state index contributed by atoms with van der Waals surface area (Å²) < 4.78 is 86.8. The van der Waals surface area contributed by atoms with E-state index >= 15 is 0 Å². The van der Waals surface area contributed by atoms with Crippen molar-refractivity contribution in [3.05, 3.63) is 60.2 Å². The normalized spacial score (nSPS) is 48.1. The summed E-state index contributed by atoms with van der Waals surface area (Å²) in [6.07, 6.45) is -72.1. The largest absolute Gasteiger partial charge is 0.463 e. The summed E-state index contributed by atoms with van der Waals surface area (Å²) in [4.78, 5) is 13.5. The van der Waals surface area contributed by atoms with Crippen LogP contribution >= 0.6 is 0 Å². The van der Waals surface area contributed by atoms with Gasteiger partial charge < -0.3 is 173 Å². The van der Waals surface area contributed by atoms with E-state index in [1.165, 1.54) is 0 Å². The minimum atomic E-state index is -2.28. The number of hydrogen-bond donors (Lipinski definition) is 20. The summed E-state index contributed by atoms with van der Waals surface area (Å²) in [5.74, 6) is -0.882. The zero-order valence-electron chi connectivity index (χ0n) is 48.5. The molecule has 35 unspecified atom stereocenters. The lowest BCUT2D eigenvalue weighted by molar-refractivity contribution is -0.396. The monoisotopic (exact) mass is 1330 g/mol. The van der Waals surface area contributed by atoms with E-state index in [2.05, 4.69) is 0 Å². The van der Waals surface area contributed by atoms with Gasteiger partial charge in [-0.25, -0.2) is 0 Å². The first-order valence-corrected chi connectivity index (χ1v) is 29.7. The highest BCUT2D eigenvalue weighted by atomic mass is 16.8. The Morgan fingerprint density at radius 1 is 0.283 bits per heavy atom. The van der Waals surface area contributed by atoms with Crippen LogP contribution < -0.4 is 0 Å². The minimum absolute atomic E-state index is 0.334. The maximum Gasteiger partial charge on any atom is 0.310 e. The highest BCUT2D eigenvalue weighted by Gasteiger charge is 2.60. The van der Waals surface area contributed by atoms with Crippen LogP contribution in [0, 0.1) is 0 Å². The highest BCUT2D eigenvalue weighted by Crippen LogP contribution is 2.39. The summed E-state index contributed by atoms with van der Waals surface area (Å²) in [7, 11) is 0. The van der Waals surface area contributed by atoms with Crippen LogP contribution in [0.15, 0.2) is 54.6 Å². The van der Waals surface area contributed by atoms with Crippen LogP contribution in [0.3, 0.4) is 0 Å². The molecule has 2 aromatic carbocycles. The van der Waals surface area contributed by atoms with Crippen LogP contribution in [-0.4, -0.2) is 369 Å². The molecule has 0 amide bonds. The lowest BCUT2D eigenvalue weighted by atomic mass is 9.95. The van der Waals surface area contributed by atoms with Gasteiger partial charge in [-0.05, 0) is 16.7 Å².